The number of nitrogens with zero attached hydrogens (tertiary/aromatic N) is 3. The van der Waals surface area contributed by atoms with Crippen LogP contribution >= 0.6 is 11.6 Å². The van der Waals surface area contributed by atoms with Crippen molar-refractivity contribution in [2.75, 3.05) is 38.2 Å². The quantitative estimate of drug-likeness (QED) is 0.842. The van der Waals surface area contributed by atoms with Crippen molar-refractivity contribution < 1.29 is 4.74 Å². The Morgan fingerprint density at radius 3 is 2.83 bits per heavy atom. The van der Waals surface area contributed by atoms with Crippen LogP contribution in [-0.4, -0.2) is 53.8 Å². The number of anilines is 1. The molecule has 5 nitrogen and oxygen atoms in total. The number of hydrogen-bond acceptors (Lipinski definition) is 5. The van der Waals surface area contributed by atoms with E-state index in [-0.39, 0.29) is 0 Å². The maximum absolute atomic E-state index is 5.90. The molecule has 1 aromatic heterocycles. The molecule has 1 aromatic rings. The highest BCUT2D eigenvalue weighted by Crippen LogP contribution is 2.12. The van der Waals surface area contributed by atoms with Gasteiger partial charge >= 0.3 is 0 Å². The zero-order valence-electron chi connectivity index (χ0n) is 10.8. The summed E-state index contributed by atoms with van der Waals surface area (Å²) in [6.07, 6.45) is 0. The summed E-state index contributed by atoms with van der Waals surface area (Å²) in [6.45, 7) is 8.51. The average Bonchev–Trinajstić information content (AvgIpc) is 2.36. The van der Waals surface area contributed by atoms with E-state index in [1.807, 2.05) is 6.92 Å². The first kappa shape index (κ1) is 13.5. The molecule has 0 amide bonds. The van der Waals surface area contributed by atoms with Crippen LogP contribution < -0.4 is 5.32 Å². The van der Waals surface area contributed by atoms with E-state index in [1.165, 1.54) is 0 Å². The Hall–Kier alpha value is -0.910. The van der Waals surface area contributed by atoms with Gasteiger partial charge in [-0.05, 0) is 13.8 Å². The summed E-state index contributed by atoms with van der Waals surface area (Å²) in [6, 6.07) is 2.20. The summed E-state index contributed by atoms with van der Waals surface area (Å²) >= 11 is 5.90. The molecule has 2 heterocycles. The summed E-state index contributed by atoms with van der Waals surface area (Å²) in [5.41, 5.74) is 0. The highest BCUT2D eigenvalue weighted by Gasteiger charge is 2.16. The van der Waals surface area contributed by atoms with Gasteiger partial charge in [-0.25, -0.2) is 9.97 Å². The SMILES string of the molecule is Cc1nc(Cl)cc(NCC(C)N2CCOCC2)n1. The molecule has 1 unspecified atom stereocenters. The molecule has 1 aliphatic heterocycles. The topological polar surface area (TPSA) is 50.3 Å². The standard InChI is InChI=1S/C12H19ClN4O/c1-9(17-3-5-18-6-4-17)8-14-12-7-11(13)15-10(2)16-12/h7,9H,3-6,8H2,1-2H3,(H,14,15,16). The lowest BCUT2D eigenvalue weighted by molar-refractivity contribution is 0.0227. The highest BCUT2D eigenvalue weighted by atomic mass is 35.5. The van der Waals surface area contributed by atoms with Crippen LogP contribution in [0.4, 0.5) is 5.82 Å². The first-order chi connectivity index (χ1) is 8.65. The Morgan fingerprint density at radius 1 is 1.44 bits per heavy atom. The number of aromatic nitrogens is 2. The van der Waals surface area contributed by atoms with E-state index in [2.05, 4.69) is 27.1 Å². The molecule has 1 atom stereocenters. The van der Waals surface area contributed by atoms with Crippen molar-refractivity contribution in [2.45, 2.75) is 19.9 Å². The van der Waals surface area contributed by atoms with Gasteiger partial charge < -0.3 is 10.1 Å². The molecule has 2 rings (SSSR count). The Bertz CT molecular complexity index is 375. The molecular weight excluding hydrogens is 252 g/mol. The zero-order valence-corrected chi connectivity index (χ0v) is 11.6. The van der Waals surface area contributed by atoms with Crippen LogP contribution in [0.15, 0.2) is 6.07 Å². The second-order valence-electron chi connectivity index (χ2n) is 4.50. The van der Waals surface area contributed by atoms with Crippen LogP contribution in [0.1, 0.15) is 12.7 Å². The maximum Gasteiger partial charge on any atom is 0.134 e. The Kier molecular flexibility index (Phi) is 4.74. The monoisotopic (exact) mass is 270 g/mol. The third kappa shape index (κ3) is 3.80. The Balaban J connectivity index is 1.86. The van der Waals surface area contributed by atoms with Crippen molar-refractivity contribution in [3.05, 3.63) is 17.0 Å². The molecule has 0 radical (unpaired) electrons. The van der Waals surface area contributed by atoms with Gasteiger partial charge in [0, 0.05) is 31.7 Å². The summed E-state index contributed by atoms with van der Waals surface area (Å²) < 4.78 is 5.34. The minimum atomic E-state index is 0.447. The van der Waals surface area contributed by atoms with E-state index in [4.69, 9.17) is 16.3 Å². The number of morpholine rings is 1. The molecule has 0 spiro atoms. The molecule has 1 N–H and O–H groups in total. The van der Waals surface area contributed by atoms with Crippen molar-refractivity contribution in [3.63, 3.8) is 0 Å². The Morgan fingerprint density at radius 2 is 2.17 bits per heavy atom. The van der Waals surface area contributed by atoms with Gasteiger partial charge in [0.2, 0.25) is 0 Å². The van der Waals surface area contributed by atoms with Gasteiger partial charge in [-0.2, -0.15) is 0 Å². The molecule has 1 aliphatic rings. The van der Waals surface area contributed by atoms with Gasteiger partial charge in [0.05, 0.1) is 13.2 Å². The molecule has 1 saturated heterocycles. The number of aryl methyl sites for hydroxylation is 1. The molecule has 0 aliphatic carbocycles. The van der Waals surface area contributed by atoms with Gasteiger partial charge in [0.25, 0.3) is 0 Å². The fourth-order valence-electron chi connectivity index (χ4n) is 2.02. The minimum Gasteiger partial charge on any atom is -0.379 e. The van der Waals surface area contributed by atoms with Gasteiger partial charge in [0.15, 0.2) is 0 Å². The molecule has 1 fully saturated rings. The van der Waals surface area contributed by atoms with Gasteiger partial charge in [-0.1, -0.05) is 11.6 Å². The zero-order chi connectivity index (χ0) is 13.0. The molecule has 0 saturated carbocycles. The number of halogens is 1. The average molecular weight is 271 g/mol. The summed E-state index contributed by atoms with van der Waals surface area (Å²) in [5, 5.41) is 3.78. The van der Waals surface area contributed by atoms with E-state index in [1.54, 1.807) is 6.07 Å². The van der Waals surface area contributed by atoms with Crippen molar-refractivity contribution in [3.8, 4) is 0 Å². The third-order valence-electron chi connectivity index (χ3n) is 3.05. The van der Waals surface area contributed by atoms with E-state index >= 15 is 0 Å². The smallest absolute Gasteiger partial charge is 0.134 e. The van der Waals surface area contributed by atoms with Crippen LogP contribution in [0.25, 0.3) is 0 Å². The van der Waals surface area contributed by atoms with Gasteiger partial charge in [-0.3, -0.25) is 4.90 Å². The third-order valence-corrected chi connectivity index (χ3v) is 3.25. The predicted octanol–water partition coefficient (Wildman–Crippen LogP) is 1.57. The lowest BCUT2D eigenvalue weighted by atomic mass is 10.2. The predicted molar refractivity (Wildman–Crippen MR) is 72.1 cm³/mol. The summed E-state index contributed by atoms with van der Waals surface area (Å²) in [5.74, 6) is 1.47. The summed E-state index contributed by atoms with van der Waals surface area (Å²) in [4.78, 5) is 10.7. The number of rotatable bonds is 4. The maximum atomic E-state index is 5.90. The van der Waals surface area contributed by atoms with Gasteiger partial charge in [0.1, 0.15) is 16.8 Å². The fraction of sp³-hybridized carbons (Fsp3) is 0.667. The normalized spacial score (nSPS) is 18.6. The van der Waals surface area contributed by atoms with E-state index in [0.29, 0.717) is 17.0 Å². The molecule has 0 bridgehead atoms. The number of ether oxygens (including phenoxy) is 1. The fourth-order valence-corrected chi connectivity index (χ4v) is 2.25. The lowest BCUT2D eigenvalue weighted by Crippen LogP contribution is -2.45. The van der Waals surface area contributed by atoms with Crippen LogP contribution in [0, 0.1) is 6.92 Å². The van der Waals surface area contributed by atoms with E-state index < -0.39 is 0 Å². The van der Waals surface area contributed by atoms with Gasteiger partial charge in [-0.15, -0.1) is 0 Å². The molecule has 100 valence electrons. The molecular formula is C12H19ClN4O. The van der Waals surface area contributed by atoms with E-state index in [0.717, 1.165) is 38.7 Å². The molecule has 6 heteroatoms. The highest BCUT2D eigenvalue weighted by molar-refractivity contribution is 6.29. The summed E-state index contributed by atoms with van der Waals surface area (Å²) in [7, 11) is 0. The van der Waals surface area contributed by atoms with Crippen LogP contribution in [0.2, 0.25) is 5.15 Å². The van der Waals surface area contributed by atoms with Crippen molar-refractivity contribution >= 4 is 17.4 Å². The van der Waals surface area contributed by atoms with Crippen molar-refractivity contribution in [1.82, 2.24) is 14.9 Å². The second kappa shape index (κ2) is 6.31. The first-order valence-corrected chi connectivity index (χ1v) is 6.60. The van der Waals surface area contributed by atoms with Crippen LogP contribution in [0.5, 0.6) is 0 Å². The van der Waals surface area contributed by atoms with E-state index in [9.17, 15) is 0 Å². The minimum absolute atomic E-state index is 0.447. The molecule has 0 aromatic carbocycles. The first-order valence-electron chi connectivity index (χ1n) is 6.22. The van der Waals surface area contributed by atoms with Crippen molar-refractivity contribution in [1.29, 1.82) is 0 Å². The second-order valence-corrected chi connectivity index (χ2v) is 4.89. The van der Waals surface area contributed by atoms with Crippen LogP contribution in [0.3, 0.4) is 0 Å². The number of nitrogens with one attached hydrogen (secondary N) is 1. The largest absolute Gasteiger partial charge is 0.379 e. The Labute approximate surface area is 113 Å². The number of hydrogen-bond donors (Lipinski definition) is 1. The lowest BCUT2D eigenvalue weighted by Gasteiger charge is -2.32. The van der Waals surface area contributed by atoms with Crippen molar-refractivity contribution in [2.24, 2.45) is 0 Å². The molecule has 18 heavy (non-hydrogen) atoms. The van der Waals surface area contributed by atoms with Crippen LogP contribution in [-0.2, 0) is 4.74 Å².